The Bertz CT molecular complexity index is 745. The Labute approximate surface area is 118 Å². The fourth-order valence-corrected chi connectivity index (χ4v) is 2.09. The van der Waals surface area contributed by atoms with Crippen molar-refractivity contribution in [2.75, 3.05) is 0 Å². The second-order valence-electron chi connectivity index (χ2n) is 4.66. The molecule has 0 aliphatic rings. The van der Waals surface area contributed by atoms with Crippen molar-refractivity contribution < 1.29 is 5.11 Å². The molecule has 0 amide bonds. The molecule has 0 saturated heterocycles. The number of pyridine rings is 1. The van der Waals surface area contributed by atoms with E-state index in [1.807, 2.05) is 60.7 Å². The van der Waals surface area contributed by atoms with Gasteiger partial charge in [-0.25, -0.2) is 4.98 Å². The zero-order chi connectivity index (χ0) is 13.8. The molecule has 2 aromatic carbocycles. The van der Waals surface area contributed by atoms with Gasteiger partial charge < -0.3 is 5.11 Å². The second-order valence-corrected chi connectivity index (χ2v) is 4.66. The summed E-state index contributed by atoms with van der Waals surface area (Å²) < 4.78 is 0. The van der Waals surface area contributed by atoms with Gasteiger partial charge in [-0.15, -0.1) is 0 Å². The highest BCUT2D eigenvalue weighted by Gasteiger charge is 1.95. The van der Waals surface area contributed by atoms with Crippen molar-refractivity contribution in [3.8, 4) is 0 Å². The van der Waals surface area contributed by atoms with Crippen molar-refractivity contribution in [1.82, 2.24) is 4.98 Å². The Morgan fingerprint density at radius 1 is 0.850 bits per heavy atom. The van der Waals surface area contributed by atoms with Gasteiger partial charge >= 0.3 is 0 Å². The minimum Gasteiger partial charge on any atom is -0.392 e. The van der Waals surface area contributed by atoms with Gasteiger partial charge in [0.15, 0.2) is 0 Å². The SMILES string of the molecule is OCc1ccc(/C=C/c2ccc3ccccc3n2)cc1. The number of para-hydroxylation sites is 1. The van der Waals surface area contributed by atoms with E-state index in [1.165, 1.54) is 0 Å². The van der Waals surface area contributed by atoms with Gasteiger partial charge in [-0.1, -0.05) is 54.6 Å². The highest BCUT2D eigenvalue weighted by Crippen LogP contribution is 2.14. The van der Waals surface area contributed by atoms with Crippen LogP contribution in [0, 0.1) is 0 Å². The average Bonchev–Trinajstić information content (AvgIpc) is 2.53. The smallest absolute Gasteiger partial charge is 0.0709 e. The van der Waals surface area contributed by atoms with Crippen molar-refractivity contribution in [3.63, 3.8) is 0 Å². The lowest BCUT2D eigenvalue weighted by Gasteiger charge is -1.99. The summed E-state index contributed by atoms with van der Waals surface area (Å²) in [6.45, 7) is 0.0796. The zero-order valence-electron chi connectivity index (χ0n) is 11.0. The van der Waals surface area contributed by atoms with Crippen LogP contribution in [-0.2, 0) is 6.61 Å². The van der Waals surface area contributed by atoms with Crippen LogP contribution in [0.1, 0.15) is 16.8 Å². The summed E-state index contributed by atoms with van der Waals surface area (Å²) >= 11 is 0. The molecule has 1 aromatic heterocycles. The average molecular weight is 261 g/mol. The fourth-order valence-electron chi connectivity index (χ4n) is 2.09. The Hall–Kier alpha value is -2.45. The molecule has 0 aliphatic heterocycles. The number of hydrogen-bond donors (Lipinski definition) is 1. The minimum atomic E-state index is 0.0796. The number of rotatable bonds is 3. The Morgan fingerprint density at radius 3 is 2.45 bits per heavy atom. The van der Waals surface area contributed by atoms with Crippen molar-refractivity contribution in [2.24, 2.45) is 0 Å². The molecule has 0 saturated carbocycles. The zero-order valence-corrected chi connectivity index (χ0v) is 11.0. The van der Waals surface area contributed by atoms with Crippen LogP contribution >= 0.6 is 0 Å². The van der Waals surface area contributed by atoms with Gasteiger partial charge in [0.1, 0.15) is 0 Å². The third kappa shape index (κ3) is 2.76. The first-order valence-electron chi connectivity index (χ1n) is 6.59. The number of fused-ring (bicyclic) bond motifs is 1. The van der Waals surface area contributed by atoms with E-state index in [4.69, 9.17) is 5.11 Å². The summed E-state index contributed by atoms with van der Waals surface area (Å²) in [5.41, 5.74) is 3.96. The van der Waals surface area contributed by atoms with Crippen LogP contribution in [0.4, 0.5) is 0 Å². The lowest BCUT2D eigenvalue weighted by molar-refractivity contribution is 0.282. The predicted octanol–water partition coefficient (Wildman–Crippen LogP) is 3.90. The van der Waals surface area contributed by atoms with E-state index in [0.717, 1.165) is 27.7 Å². The molecule has 0 spiro atoms. The third-order valence-corrected chi connectivity index (χ3v) is 3.23. The van der Waals surface area contributed by atoms with Crippen LogP contribution in [0.5, 0.6) is 0 Å². The first-order valence-corrected chi connectivity index (χ1v) is 6.59. The van der Waals surface area contributed by atoms with Crippen molar-refractivity contribution in [3.05, 3.63) is 77.5 Å². The van der Waals surface area contributed by atoms with Crippen LogP contribution in [-0.4, -0.2) is 10.1 Å². The standard InChI is InChI=1S/C18H15NO/c20-13-15-7-5-14(6-8-15)9-11-17-12-10-16-3-1-2-4-18(16)19-17/h1-12,20H,13H2/b11-9+. The largest absolute Gasteiger partial charge is 0.392 e. The monoisotopic (exact) mass is 261 g/mol. The Morgan fingerprint density at radius 2 is 1.65 bits per heavy atom. The van der Waals surface area contributed by atoms with E-state index in [2.05, 4.69) is 17.1 Å². The summed E-state index contributed by atoms with van der Waals surface area (Å²) in [5, 5.41) is 10.2. The molecule has 2 heteroatoms. The van der Waals surface area contributed by atoms with E-state index in [1.54, 1.807) is 0 Å². The van der Waals surface area contributed by atoms with E-state index in [0.29, 0.717) is 0 Å². The first kappa shape index (κ1) is 12.6. The molecule has 0 atom stereocenters. The topological polar surface area (TPSA) is 33.1 Å². The number of aliphatic hydroxyl groups is 1. The molecular weight excluding hydrogens is 246 g/mol. The summed E-state index contributed by atoms with van der Waals surface area (Å²) in [6, 6.07) is 20.0. The van der Waals surface area contributed by atoms with Gasteiger partial charge in [-0.2, -0.15) is 0 Å². The maximum Gasteiger partial charge on any atom is 0.0709 e. The van der Waals surface area contributed by atoms with Crippen molar-refractivity contribution in [1.29, 1.82) is 0 Å². The molecule has 1 N–H and O–H groups in total. The van der Waals surface area contributed by atoms with Crippen LogP contribution in [0.25, 0.3) is 23.1 Å². The van der Waals surface area contributed by atoms with E-state index in [-0.39, 0.29) is 6.61 Å². The first-order chi connectivity index (χ1) is 9.85. The van der Waals surface area contributed by atoms with Crippen LogP contribution in [0.2, 0.25) is 0 Å². The lowest BCUT2D eigenvalue weighted by Crippen LogP contribution is -1.83. The molecule has 0 unspecified atom stereocenters. The number of hydrogen-bond acceptors (Lipinski definition) is 2. The summed E-state index contributed by atoms with van der Waals surface area (Å²) in [4.78, 5) is 4.60. The number of nitrogens with zero attached hydrogens (tertiary/aromatic N) is 1. The van der Waals surface area contributed by atoms with Crippen LogP contribution < -0.4 is 0 Å². The molecule has 1 heterocycles. The quantitative estimate of drug-likeness (QED) is 0.775. The maximum atomic E-state index is 9.01. The highest BCUT2D eigenvalue weighted by atomic mass is 16.3. The number of benzene rings is 2. The van der Waals surface area contributed by atoms with E-state index in [9.17, 15) is 0 Å². The highest BCUT2D eigenvalue weighted by molar-refractivity contribution is 5.80. The second kappa shape index (κ2) is 5.68. The molecule has 0 aliphatic carbocycles. The molecule has 3 rings (SSSR count). The molecule has 0 radical (unpaired) electrons. The molecule has 0 bridgehead atoms. The summed E-state index contributed by atoms with van der Waals surface area (Å²) in [7, 11) is 0. The molecule has 20 heavy (non-hydrogen) atoms. The normalized spacial score (nSPS) is 11.2. The maximum absolute atomic E-state index is 9.01. The molecular formula is C18H15NO. The van der Waals surface area contributed by atoms with Gasteiger partial charge in [-0.05, 0) is 29.3 Å². The van der Waals surface area contributed by atoms with Crippen molar-refractivity contribution in [2.45, 2.75) is 6.61 Å². The van der Waals surface area contributed by atoms with Gasteiger partial charge in [0.2, 0.25) is 0 Å². The Balaban J connectivity index is 1.85. The molecule has 3 aromatic rings. The van der Waals surface area contributed by atoms with Gasteiger partial charge in [0, 0.05) is 5.39 Å². The summed E-state index contributed by atoms with van der Waals surface area (Å²) in [6.07, 6.45) is 4.03. The third-order valence-electron chi connectivity index (χ3n) is 3.23. The van der Waals surface area contributed by atoms with E-state index >= 15 is 0 Å². The van der Waals surface area contributed by atoms with Gasteiger partial charge in [-0.3, -0.25) is 0 Å². The fraction of sp³-hybridized carbons (Fsp3) is 0.0556. The van der Waals surface area contributed by atoms with Crippen molar-refractivity contribution >= 4 is 23.1 Å². The lowest BCUT2D eigenvalue weighted by atomic mass is 10.1. The number of aliphatic hydroxyl groups excluding tert-OH is 1. The minimum absolute atomic E-state index is 0.0796. The molecule has 2 nitrogen and oxygen atoms in total. The predicted molar refractivity (Wildman–Crippen MR) is 83.0 cm³/mol. The Kier molecular flexibility index (Phi) is 3.57. The number of aromatic nitrogens is 1. The molecule has 0 fully saturated rings. The van der Waals surface area contributed by atoms with E-state index < -0.39 is 0 Å². The molecule has 98 valence electrons. The summed E-state index contributed by atoms with van der Waals surface area (Å²) in [5.74, 6) is 0. The van der Waals surface area contributed by atoms with Gasteiger partial charge in [0.05, 0.1) is 17.8 Å². The van der Waals surface area contributed by atoms with Crippen LogP contribution in [0.3, 0.4) is 0 Å². The van der Waals surface area contributed by atoms with Crippen LogP contribution in [0.15, 0.2) is 60.7 Å². The van der Waals surface area contributed by atoms with Gasteiger partial charge in [0.25, 0.3) is 0 Å².